The van der Waals surface area contributed by atoms with E-state index in [1.54, 1.807) is 12.1 Å². The number of aromatic carboxylic acids is 1. The quantitative estimate of drug-likeness (QED) is 0.529. The Labute approximate surface area is 168 Å². The second kappa shape index (κ2) is 9.82. The lowest BCUT2D eigenvalue weighted by Gasteiger charge is -2.24. The van der Waals surface area contributed by atoms with Gasteiger partial charge in [0.05, 0.1) is 12.6 Å². The van der Waals surface area contributed by atoms with E-state index in [4.69, 9.17) is 14.9 Å². The highest BCUT2D eigenvalue weighted by atomic mass is 32.1. The molecule has 1 aliphatic rings. The second-order valence-electron chi connectivity index (χ2n) is 6.94. The van der Waals surface area contributed by atoms with E-state index in [0.29, 0.717) is 19.4 Å². The summed E-state index contributed by atoms with van der Waals surface area (Å²) in [5.41, 5.74) is 2.20. The lowest BCUT2D eigenvalue weighted by atomic mass is 9.98. The number of rotatable bonds is 10. The van der Waals surface area contributed by atoms with Crippen LogP contribution in [0.3, 0.4) is 0 Å². The number of aliphatic hydroxyl groups excluding tert-OH is 1. The molecule has 3 rings (SSSR count). The third-order valence-electron chi connectivity index (χ3n) is 4.85. The third kappa shape index (κ3) is 5.41. The molecule has 1 aromatic carbocycles. The van der Waals surface area contributed by atoms with E-state index in [2.05, 4.69) is 17.4 Å². The van der Waals surface area contributed by atoms with E-state index in [0.717, 1.165) is 29.7 Å². The summed E-state index contributed by atoms with van der Waals surface area (Å²) in [6.45, 7) is 0.509. The van der Waals surface area contributed by atoms with E-state index in [9.17, 15) is 9.59 Å². The number of ether oxygens (including phenoxy) is 1. The third-order valence-corrected chi connectivity index (χ3v) is 5.90. The molecule has 1 aromatic heterocycles. The van der Waals surface area contributed by atoms with Crippen LogP contribution < -0.4 is 5.32 Å². The van der Waals surface area contributed by atoms with Gasteiger partial charge in [0.1, 0.15) is 11.0 Å². The molecule has 0 spiro atoms. The van der Waals surface area contributed by atoms with Crippen LogP contribution in [-0.2, 0) is 22.6 Å². The average molecular weight is 404 g/mol. The number of carbonyl (C=O) groups is 2. The van der Waals surface area contributed by atoms with Gasteiger partial charge in [-0.05, 0) is 48.9 Å². The SMILES string of the molecule is O=C1CCC(C(OCc2ccc(C(=O)O)s2)c2ccc(CCCCO)cc2)N1. The zero-order valence-corrected chi connectivity index (χ0v) is 16.4. The lowest BCUT2D eigenvalue weighted by Crippen LogP contribution is -2.32. The minimum Gasteiger partial charge on any atom is -0.477 e. The van der Waals surface area contributed by atoms with E-state index >= 15 is 0 Å². The Morgan fingerprint density at radius 3 is 2.61 bits per heavy atom. The molecule has 0 bridgehead atoms. The van der Waals surface area contributed by atoms with Crippen LogP contribution in [0.15, 0.2) is 36.4 Å². The first kappa shape index (κ1) is 20.5. The number of aliphatic hydroxyl groups is 1. The molecule has 1 aliphatic heterocycles. The Morgan fingerprint density at radius 2 is 2.00 bits per heavy atom. The van der Waals surface area contributed by atoms with Gasteiger partial charge in [0.15, 0.2) is 0 Å². The minimum absolute atomic E-state index is 0.0310. The number of benzene rings is 1. The molecule has 2 atom stereocenters. The van der Waals surface area contributed by atoms with Crippen molar-refractivity contribution in [2.45, 2.75) is 50.9 Å². The van der Waals surface area contributed by atoms with Crippen LogP contribution in [0.25, 0.3) is 0 Å². The average Bonchev–Trinajstić information content (AvgIpc) is 3.33. The van der Waals surface area contributed by atoms with Crippen molar-refractivity contribution in [3.63, 3.8) is 0 Å². The molecule has 28 heavy (non-hydrogen) atoms. The molecular formula is C21H25NO5S. The highest BCUT2D eigenvalue weighted by Crippen LogP contribution is 2.30. The van der Waals surface area contributed by atoms with Crippen molar-refractivity contribution < 1.29 is 24.5 Å². The smallest absolute Gasteiger partial charge is 0.345 e. The number of thiophene rings is 1. The molecule has 0 saturated carbocycles. The van der Waals surface area contributed by atoms with Crippen molar-refractivity contribution in [3.05, 3.63) is 57.3 Å². The first-order valence-electron chi connectivity index (χ1n) is 9.49. The highest BCUT2D eigenvalue weighted by Gasteiger charge is 2.30. The van der Waals surface area contributed by atoms with Crippen LogP contribution in [0.2, 0.25) is 0 Å². The number of nitrogens with one attached hydrogen (secondary N) is 1. The maximum atomic E-state index is 11.7. The number of carboxylic acids is 1. The van der Waals surface area contributed by atoms with Crippen molar-refractivity contribution >= 4 is 23.2 Å². The van der Waals surface area contributed by atoms with Gasteiger partial charge in [-0.1, -0.05) is 24.3 Å². The maximum absolute atomic E-state index is 11.7. The van der Waals surface area contributed by atoms with E-state index in [-0.39, 0.29) is 29.5 Å². The van der Waals surface area contributed by atoms with Gasteiger partial charge in [0, 0.05) is 17.9 Å². The van der Waals surface area contributed by atoms with Gasteiger partial charge in [-0.3, -0.25) is 4.79 Å². The monoisotopic (exact) mass is 403 g/mol. The van der Waals surface area contributed by atoms with Gasteiger partial charge in [0.2, 0.25) is 5.91 Å². The molecule has 3 N–H and O–H groups in total. The van der Waals surface area contributed by atoms with Gasteiger partial charge in [-0.25, -0.2) is 4.79 Å². The molecule has 6 nitrogen and oxygen atoms in total. The summed E-state index contributed by atoms with van der Waals surface area (Å²) in [5.74, 6) is -0.906. The number of unbranched alkanes of at least 4 members (excludes halogenated alkanes) is 1. The molecule has 0 aliphatic carbocycles. The number of carbonyl (C=O) groups excluding carboxylic acids is 1. The van der Waals surface area contributed by atoms with Gasteiger partial charge >= 0.3 is 5.97 Å². The Morgan fingerprint density at radius 1 is 1.21 bits per heavy atom. The molecule has 7 heteroatoms. The molecule has 2 heterocycles. The van der Waals surface area contributed by atoms with Crippen molar-refractivity contribution in [1.29, 1.82) is 0 Å². The van der Waals surface area contributed by atoms with Crippen molar-refractivity contribution in [2.75, 3.05) is 6.61 Å². The predicted octanol–water partition coefficient (Wildman–Crippen LogP) is 3.30. The Bertz CT molecular complexity index is 801. The van der Waals surface area contributed by atoms with Gasteiger partial charge in [0.25, 0.3) is 0 Å². The van der Waals surface area contributed by atoms with Crippen molar-refractivity contribution in [1.82, 2.24) is 5.32 Å². The molecule has 1 fully saturated rings. The van der Waals surface area contributed by atoms with Gasteiger partial charge < -0.3 is 20.3 Å². The van der Waals surface area contributed by atoms with E-state index in [1.807, 2.05) is 12.1 Å². The van der Waals surface area contributed by atoms with E-state index in [1.165, 1.54) is 16.9 Å². The zero-order chi connectivity index (χ0) is 19.9. The predicted molar refractivity (Wildman–Crippen MR) is 106 cm³/mol. The Balaban J connectivity index is 1.69. The molecule has 150 valence electrons. The second-order valence-corrected chi connectivity index (χ2v) is 8.11. The van der Waals surface area contributed by atoms with Crippen LogP contribution >= 0.6 is 11.3 Å². The summed E-state index contributed by atoms with van der Waals surface area (Å²) < 4.78 is 6.15. The molecule has 1 amide bonds. The number of aryl methyl sites for hydroxylation is 1. The summed E-state index contributed by atoms with van der Waals surface area (Å²) in [6.07, 6.45) is 3.57. The van der Waals surface area contributed by atoms with Crippen LogP contribution in [0.4, 0.5) is 0 Å². The minimum atomic E-state index is -0.937. The van der Waals surface area contributed by atoms with Crippen LogP contribution in [-0.4, -0.2) is 34.7 Å². The summed E-state index contributed by atoms with van der Waals surface area (Å²) in [6, 6.07) is 11.4. The Hall–Kier alpha value is -2.22. The standard InChI is InChI=1S/C21H25NO5S/c23-12-2-1-3-14-4-6-15(7-5-14)20(17-9-11-19(24)22-17)27-13-16-8-10-18(28-16)21(25)26/h4-8,10,17,20,23H,1-3,9,11-13H2,(H,22,24)(H,25,26). The van der Waals surface area contributed by atoms with Gasteiger partial charge in [-0.15, -0.1) is 11.3 Å². The van der Waals surface area contributed by atoms with Crippen LogP contribution in [0, 0.1) is 0 Å². The van der Waals surface area contributed by atoms with Crippen LogP contribution in [0.5, 0.6) is 0 Å². The van der Waals surface area contributed by atoms with Crippen molar-refractivity contribution in [2.24, 2.45) is 0 Å². The van der Waals surface area contributed by atoms with E-state index < -0.39 is 5.97 Å². The summed E-state index contributed by atoms with van der Waals surface area (Å²) in [5, 5.41) is 21.0. The highest BCUT2D eigenvalue weighted by molar-refractivity contribution is 7.13. The fourth-order valence-electron chi connectivity index (χ4n) is 3.37. The van der Waals surface area contributed by atoms with Gasteiger partial charge in [-0.2, -0.15) is 0 Å². The number of hydrogen-bond donors (Lipinski definition) is 3. The first-order valence-corrected chi connectivity index (χ1v) is 10.3. The molecule has 1 saturated heterocycles. The normalized spacial score (nSPS) is 17.5. The molecule has 0 radical (unpaired) electrons. The topological polar surface area (TPSA) is 95.9 Å². The first-order chi connectivity index (χ1) is 13.6. The lowest BCUT2D eigenvalue weighted by molar-refractivity contribution is -0.119. The number of amides is 1. The molecular weight excluding hydrogens is 378 g/mol. The fourth-order valence-corrected chi connectivity index (χ4v) is 4.14. The number of hydrogen-bond acceptors (Lipinski definition) is 5. The maximum Gasteiger partial charge on any atom is 0.345 e. The van der Waals surface area contributed by atoms with Crippen molar-refractivity contribution in [3.8, 4) is 0 Å². The molecule has 2 unspecified atom stereocenters. The Kier molecular flexibility index (Phi) is 7.19. The molecule has 2 aromatic rings. The zero-order valence-electron chi connectivity index (χ0n) is 15.6. The summed E-state index contributed by atoms with van der Waals surface area (Å²) in [7, 11) is 0. The summed E-state index contributed by atoms with van der Waals surface area (Å²) in [4.78, 5) is 23.9. The largest absolute Gasteiger partial charge is 0.477 e. The fraction of sp³-hybridized carbons (Fsp3) is 0.429. The van der Waals surface area contributed by atoms with Crippen LogP contribution in [0.1, 0.15) is 57.5 Å². The number of carboxylic acid groups (broad SMARTS) is 1. The summed E-state index contributed by atoms with van der Waals surface area (Å²) >= 11 is 1.20.